The van der Waals surface area contributed by atoms with E-state index in [-0.39, 0.29) is 71.2 Å². The van der Waals surface area contributed by atoms with Gasteiger partial charge < -0.3 is 111 Å². The van der Waals surface area contributed by atoms with Crippen LogP contribution in [0.2, 0.25) is 10.6 Å². The number of carbonyl (C=O) groups is 1. The van der Waals surface area contributed by atoms with Gasteiger partial charge in [0.25, 0.3) is 5.91 Å². The Kier molecular flexibility index (Phi) is 30.2. The second-order valence-corrected chi connectivity index (χ2v) is 26.2. The number of nitrogens with zero attached hydrogens (tertiary/aromatic N) is 15. The zero-order valence-electron chi connectivity index (χ0n) is 61.1. The van der Waals surface area contributed by atoms with Gasteiger partial charge in [-0.05, 0) is 94.4 Å². The minimum absolute atomic E-state index is 0.0128. The largest absolute Gasteiger partial charge is 0.390 e. The highest BCUT2D eigenvalue weighted by molar-refractivity contribution is 6.29. The molecule has 110 heavy (non-hydrogen) atoms. The maximum absolute atomic E-state index is 12.9. The number of aromatic nitrogens is 15. The Labute approximate surface area is 633 Å². The summed E-state index contributed by atoms with van der Waals surface area (Å²) in [5.74, 6) is -5.77. The first-order chi connectivity index (χ1) is 52.0. The Morgan fingerprint density at radius 1 is 0.573 bits per heavy atom. The van der Waals surface area contributed by atoms with Crippen LogP contribution in [-0.4, -0.2) is 249 Å². The van der Waals surface area contributed by atoms with Gasteiger partial charge in [0.2, 0.25) is 22.5 Å². The molecule has 15 N–H and O–H groups in total. The first-order valence-corrected chi connectivity index (χ1v) is 34.5. The van der Waals surface area contributed by atoms with Crippen molar-refractivity contribution in [2.45, 2.75) is 203 Å². The fraction of sp³-hybridized carbons (Fsp3) is 0.594. The van der Waals surface area contributed by atoms with Crippen molar-refractivity contribution in [2.75, 3.05) is 69.9 Å². The minimum atomic E-state index is -3.21. The number of anilines is 5. The Morgan fingerprint density at radius 2 is 1.04 bits per heavy atom. The highest BCUT2D eigenvalue weighted by atomic mass is 35.5. The van der Waals surface area contributed by atoms with Gasteiger partial charge in [0.05, 0.1) is 62.6 Å². The number of imidazole rings is 2. The molecule has 6 aliphatic rings. The molecule has 40 nitrogen and oxygen atoms in total. The molecular formula is C64H88Cl2F4N20O20. The molecule has 46 heteroatoms. The number of hydrogen-bond acceptors (Lipinski definition) is 35. The highest BCUT2D eigenvalue weighted by Gasteiger charge is 2.57. The van der Waals surface area contributed by atoms with Gasteiger partial charge in [0.15, 0.2) is 41.6 Å². The van der Waals surface area contributed by atoms with E-state index in [0.29, 0.717) is 72.4 Å². The van der Waals surface area contributed by atoms with E-state index in [1.807, 2.05) is 39.0 Å². The van der Waals surface area contributed by atoms with Crippen LogP contribution in [-0.2, 0) is 47.4 Å². The summed E-state index contributed by atoms with van der Waals surface area (Å²) in [4.78, 5) is 73.4. The lowest BCUT2D eigenvalue weighted by atomic mass is 10.1. The number of amides is 1. The molecule has 18 atom stereocenters. The Bertz CT molecular complexity index is 4470. The molecule has 6 unspecified atom stereocenters. The Morgan fingerprint density at radius 3 is 1.45 bits per heavy atom. The number of methoxy groups -OCH3 is 4. The van der Waals surface area contributed by atoms with Crippen molar-refractivity contribution in [2.24, 2.45) is 0 Å². The molecule has 0 bridgehead atoms. The predicted octanol–water partition coefficient (Wildman–Crippen LogP) is 2.48. The third-order valence-corrected chi connectivity index (χ3v) is 18.2. The number of benzene rings is 1. The molecule has 13 heterocycles. The number of nitrogen functional groups attached to an aromatic ring is 4. The lowest BCUT2D eigenvalue weighted by molar-refractivity contribution is -0.160. The number of rotatable bonds is 13. The molecule has 7 aromatic heterocycles. The van der Waals surface area contributed by atoms with Crippen LogP contribution < -0.4 is 39.6 Å². The predicted molar refractivity (Wildman–Crippen MR) is 378 cm³/mol. The van der Waals surface area contributed by atoms with Gasteiger partial charge >= 0.3 is 23.2 Å². The number of halogens is 6. The average Bonchev–Trinajstić information content (AvgIpc) is 1.65. The van der Waals surface area contributed by atoms with Crippen molar-refractivity contribution in [3.8, 4) is 0 Å². The SMILES string of the molecule is CC[C@H]1O[C@@H](n2cnc(N)nc2=O)C[C@@H]1O.COC1OC(C)C(F)(F)C1O.COCC1OC(C)C(F)(F)C1O.COC[C@H]1O[C@@H](n2cnc3c(N)nc(Cl)nc32)C[C@@H]1O.CO[C@H]1O[C@@H](n2cnc3c(N)nc(Cl)nc32)C[C@@H]1O.C[C@H]1O[C@@H](n2cnc(N)nc2=O)C[C@@H]1O.Cc1ccc(NC(=O)c2cnoc2C)cc1C. The lowest BCUT2D eigenvalue weighted by Gasteiger charge is -2.16. The van der Waals surface area contributed by atoms with Crippen molar-refractivity contribution >= 4 is 80.7 Å². The number of hydrogen-bond donors (Lipinski definition) is 11. The Hall–Kier alpha value is -8.52. The second-order valence-electron chi connectivity index (χ2n) is 25.5. The van der Waals surface area contributed by atoms with Crippen LogP contribution in [0.1, 0.15) is 112 Å². The third-order valence-electron chi connectivity index (χ3n) is 17.9. The van der Waals surface area contributed by atoms with E-state index >= 15 is 0 Å². The molecule has 0 saturated carbocycles. The first kappa shape index (κ1) is 87.1. The topological polar surface area (TPSA) is 556 Å². The number of nitrogens with two attached hydrogens (primary N) is 4. The average molecular weight is 1600 g/mol. The maximum atomic E-state index is 12.9. The van der Waals surface area contributed by atoms with Gasteiger partial charge in [-0.3, -0.25) is 23.1 Å². The fourth-order valence-electron chi connectivity index (χ4n) is 11.5. The van der Waals surface area contributed by atoms with Gasteiger partial charge in [-0.2, -0.15) is 29.9 Å². The summed E-state index contributed by atoms with van der Waals surface area (Å²) in [6, 6.07) is 5.80. The van der Waals surface area contributed by atoms with Gasteiger partial charge in [-0.1, -0.05) is 18.1 Å². The number of alkyl halides is 4. The standard InChI is InChI=1S/C13H14N2O2.C11H14ClN5O3.C10H12ClN5O3.C9H14N4O3.C8H12N4O3.C7H12F2O3.C6H10F2O3/c1-8-4-5-11(6-9(8)2)15-13(16)12-7-14-17-10(12)3;1-19-3-6-5(18)2-7(20-6)17-4-14-8-9(13)15-11(12)16-10(8)17;1-18-9-4(17)2-5(19-9)16-3-13-6-7(12)14-10(11)15-8(6)16;1-2-6-5(14)3-7(16-6)13-4-11-8(10)12-9(13)15;1-4-5(13)2-6(15-4)12-3-10-7(9)11-8(12)14;1-4-7(8,9)6(10)5(12-4)3-11-2;1-3-6(7,8)4(9)5(10-2)11-3/h4-7H,1-3H3,(H,15,16);4-7,18H,2-3H2,1H3,(H2,13,15,16);3-5,9,17H,2H2,1H3,(H2,12,14,15);4-7,14H,2-3H2,1H3,(H2,10,12,15);3-6,13H,2H2,1H3,(H2,9,11,14);4-6,10H,3H2,1-2H3;3-5,9H,1-2H3/t;5-,6+,7+;4-,5+,9-;5-,6+,7+;4-,5+,6-;;/m.0001../s1. The van der Waals surface area contributed by atoms with E-state index in [1.54, 1.807) is 36.4 Å². The van der Waals surface area contributed by atoms with Crippen molar-refractivity contribution in [3.05, 3.63) is 104 Å². The summed E-state index contributed by atoms with van der Waals surface area (Å²) < 4.78 is 113. The van der Waals surface area contributed by atoms with Gasteiger partial charge in [0.1, 0.15) is 96.5 Å². The fourth-order valence-corrected chi connectivity index (χ4v) is 11.8. The van der Waals surface area contributed by atoms with Crippen LogP contribution in [0.3, 0.4) is 0 Å². The molecule has 606 valence electrons. The number of fused-ring (bicyclic) bond motifs is 2. The molecule has 14 rings (SSSR count). The second kappa shape index (κ2) is 38.1. The molecular weight excluding hydrogens is 1520 g/mol. The van der Waals surface area contributed by atoms with Crippen molar-refractivity contribution in [1.29, 1.82) is 0 Å². The van der Waals surface area contributed by atoms with E-state index in [4.69, 9.17) is 94.0 Å². The number of nitrogens with one attached hydrogen (secondary N) is 1. The zero-order valence-corrected chi connectivity index (χ0v) is 62.7. The van der Waals surface area contributed by atoms with E-state index < -0.39 is 109 Å². The smallest absolute Gasteiger partial charge is 0.354 e. The van der Waals surface area contributed by atoms with Gasteiger partial charge in [-0.15, -0.1) is 0 Å². The number of ether oxygens (including phenoxy) is 10. The van der Waals surface area contributed by atoms with Crippen LogP contribution in [0.5, 0.6) is 0 Å². The normalized spacial score (nSPS) is 28.2. The minimum Gasteiger partial charge on any atom is -0.390 e. The number of carbonyl (C=O) groups excluding carboxylic acids is 1. The van der Waals surface area contributed by atoms with Crippen LogP contribution in [0.15, 0.2) is 63.8 Å². The molecule has 6 aliphatic heterocycles. The monoisotopic (exact) mass is 1600 g/mol. The number of aryl methyl sites for hydroxylation is 3. The Balaban J connectivity index is 0.000000163. The van der Waals surface area contributed by atoms with Crippen molar-refractivity contribution in [1.82, 2.24) is 73.3 Å². The first-order valence-electron chi connectivity index (χ1n) is 33.8. The van der Waals surface area contributed by atoms with Crippen molar-refractivity contribution < 1.29 is 105 Å². The zero-order chi connectivity index (χ0) is 81.0. The molecule has 1 aromatic carbocycles. The summed E-state index contributed by atoms with van der Waals surface area (Å²) in [5, 5.41) is 63.3. The summed E-state index contributed by atoms with van der Waals surface area (Å²) in [6.07, 6.45) is -4.85. The summed E-state index contributed by atoms with van der Waals surface area (Å²) in [6.45, 7) is 12.2. The summed E-state index contributed by atoms with van der Waals surface area (Å²) in [7, 11) is 5.61. The summed E-state index contributed by atoms with van der Waals surface area (Å²) >= 11 is 11.6. The van der Waals surface area contributed by atoms with Gasteiger partial charge in [0, 0.05) is 59.8 Å². The lowest BCUT2D eigenvalue weighted by Crippen LogP contribution is -2.39. The molecule has 0 radical (unpaired) electrons. The van der Waals surface area contributed by atoms with Gasteiger partial charge in [-0.25, -0.2) is 47.1 Å². The van der Waals surface area contributed by atoms with E-state index in [9.17, 15) is 52.4 Å². The van der Waals surface area contributed by atoms with E-state index in [0.717, 1.165) is 11.3 Å². The number of aliphatic hydroxyl groups excluding tert-OH is 6. The van der Waals surface area contributed by atoms with E-state index in [2.05, 4.69) is 74.5 Å². The van der Waals surface area contributed by atoms with Crippen LogP contribution >= 0.6 is 23.2 Å². The third kappa shape index (κ3) is 21.0. The molecule has 6 saturated heterocycles. The quantitative estimate of drug-likeness (QED) is 0.0583. The molecule has 1 amide bonds. The molecule has 0 spiro atoms. The summed E-state index contributed by atoms with van der Waals surface area (Å²) in [5.41, 5.74) is 26.4. The van der Waals surface area contributed by atoms with Crippen LogP contribution in [0.25, 0.3) is 22.3 Å². The number of aliphatic hydroxyl groups is 6. The maximum Gasteiger partial charge on any atom is 0.354 e. The molecule has 8 aromatic rings. The van der Waals surface area contributed by atoms with E-state index in [1.165, 1.54) is 75.1 Å². The van der Waals surface area contributed by atoms with Crippen LogP contribution in [0, 0.1) is 20.8 Å². The van der Waals surface area contributed by atoms with Crippen LogP contribution in [0.4, 0.5) is 46.8 Å². The highest BCUT2D eigenvalue weighted by Crippen LogP contribution is 2.39. The van der Waals surface area contributed by atoms with Crippen molar-refractivity contribution in [3.63, 3.8) is 0 Å². The molecule has 6 fully saturated rings. The molecule has 0 aliphatic carbocycles.